The van der Waals surface area contributed by atoms with Crippen molar-refractivity contribution in [1.82, 2.24) is 10.2 Å². The fourth-order valence-corrected chi connectivity index (χ4v) is 3.22. The molecule has 6 nitrogen and oxygen atoms in total. The maximum absolute atomic E-state index is 13.0. The summed E-state index contributed by atoms with van der Waals surface area (Å²) in [7, 11) is 4.04. The van der Waals surface area contributed by atoms with Crippen LogP contribution in [0.3, 0.4) is 0 Å². The molecule has 7 heteroatoms. The molecule has 2 N–H and O–H groups in total. The summed E-state index contributed by atoms with van der Waals surface area (Å²) in [6.45, 7) is 1.87. The summed E-state index contributed by atoms with van der Waals surface area (Å²) in [5, 5.41) is 6.54. The second-order valence-corrected chi connectivity index (χ2v) is 7.13. The Morgan fingerprint density at radius 3 is 2.74 bits per heavy atom. The van der Waals surface area contributed by atoms with Gasteiger partial charge in [-0.1, -0.05) is 23.7 Å². The van der Waals surface area contributed by atoms with E-state index in [1.807, 2.05) is 20.2 Å². The van der Waals surface area contributed by atoms with E-state index in [0.717, 1.165) is 19.5 Å². The van der Waals surface area contributed by atoms with Crippen molar-refractivity contribution in [2.75, 3.05) is 43.9 Å². The summed E-state index contributed by atoms with van der Waals surface area (Å²) in [5.74, 6) is -0.393. The van der Waals surface area contributed by atoms with E-state index in [2.05, 4.69) is 15.5 Å². The van der Waals surface area contributed by atoms with Crippen molar-refractivity contribution in [3.8, 4) is 0 Å². The van der Waals surface area contributed by atoms with Crippen LogP contribution < -0.4 is 15.5 Å². The van der Waals surface area contributed by atoms with Crippen molar-refractivity contribution >= 4 is 40.5 Å². The maximum atomic E-state index is 13.0. The molecule has 2 aromatic carbocycles. The lowest BCUT2D eigenvalue weighted by Gasteiger charge is -2.24. The molecule has 0 saturated heterocycles. The molecule has 27 heavy (non-hydrogen) atoms. The van der Waals surface area contributed by atoms with Gasteiger partial charge in [-0.05, 0) is 63.9 Å². The Morgan fingerprint density at radius 1 is 1.19 bits per heavy atom. The van der Waals surface area contributed by atoms with Gasteiger partial charge in [-0.2, -0.15) is 0 Å². The highest BCUT2D eigenvalue weighted by Crippen LogP contribution is 2.39. The SMILES string of the molecule is CN(C)CCCNCC(=O)N1c2ccc(Cl)cc2NC(=O)c2ccccc21. The van der Waals surface area contributed by atoms with Crippen LogP contribution in [0.15, 0.2) is 42.5 Å². The summed E-state index contributed by atoms with van der Waals surface area (Å²) < 4.78 is 0. The summed E-state index contributed by atoms with van der Waals surface area (Å²) >= 11 is 6.09. The number of anilines is 3. The van der Waals surface area contributed by atoms with Crippen molar-refractivity contribution in [2.24, 2.45) is 0 Å². The van der Waals surface area contributed by atoms with Crippen LogP contribution >= 0.6 is 11.6 Å². The van der Waals surface area contributed by atoms with Crippen molar-refractivity contribution in [3.63, 3.8) is 0 Å². The van der Waals surface area contributed by atoms with Crippen LogP contribution in [-0.2, 0) is 4.79 Å². The molecule has 2 amide bonds. The first-order chi connectivity index (χ1) is 13.0. The molecule has 1 aliphatic rings. The standard InChI is InChI=1S/C20H23ClN4O2/c1-24(2)11-5-10-22-13-19(26)25-17-7-4-3-6-15(17)20(27)23-16-12-14(21)8-9-18(16)25/h3-4,6-9,12,22H,5,10-11,13H2,1-2H3,(H,23,27). The van der Waals surface area contributed by atoms with E-state index in [1.54, 1.807) is 41.3 Å². The van der Waals surface area contributed by atoms with Gasteiger partial charge in [-0.3, -0.25) is 14.5 Å². The molecule has 0 fully saturated rings. The number of carbonyl (C=O) groups excluding carboxylic acids is 2. The Balaban J connectivity index is 1.88. The van der Waals surface area contributed by atoms with Crippen molar-refractivity contribution in [3.05, 3.63) is 53.1 Å². The number of nitrogens with zero attached hydrogens (tertiary/aromatic N) is 2. The Bertz CT molecular complexity index is 854. The third-order valence-electron chi connectivity index (χ3n) is 4.32. The van der Waals surface area contributed by atoms with Gasteiger partial charge in [0.05, 0.1) is 29.2 Å². The Kier molecular flexibility index (Phi) is 6.11. The Morgan fingerprint density at radius 2 is 1.96 bits per heavy atom. The predicted molar refractivity (Wildman–Crippen MR) is 109 cm³/mol. The normalized spacial score (nSPS) is 13.0. The van der Waals surface area contributed by atoms with E-state index in [1.165, 1.54) is 0 Å². The molecule has 0 aromatic heterocycles. The van der Waals surface area contributed by atoms with Crippen LogP contribution in [-0.4, -0.2) is 50.4 Å². The van der Waals surface area contributed by atoms with Crippen LogP contribution in [0, 0.1) is 0 Å². The van der Waals surface area contributed by atoms with E-state index in [-0.39, 0.29) is 18.4 Å². The minimum atomic E-state index is -0.261. The monoisotopic (exact) mass is 386 g/mol. The highest BCUT2D eigenvalue weighted by Gasteiger charge is 2.28. The van der Waals surface area contributed by atoms with Crippen LogP contribution in [0.4, 0.5) is 17.1 Å². The van der Waals surface area contributed by atoms with Gasteiger partial charge < -0.3 is 15.5 Å². The number of amides is 2. The molecule has 0 bridgehead atoms. The second kappa shape index (κ2) is 8.52. The first-order valence-electron chi connectivity index (χ1n) is 8.85. The minimum Gasteiger partial charge on any atom is -0.320 e. The average molecular weight is 387 g/mol. The smallest absolute Gasteiger partial charge is 0.257 e. The zero-order chi connectivity index (χ0) is 19.4. The summed E-state index contributed by atoms with van der Waals surface area (Å²) in [4.78, 5) is 29.3. The number of para-hydroxylation sites is 1. The lowest BCUT2D eigenvalue weighted by molar-refractivity contribution is -0.117. The number of halogens is 1. The van der Waals surface area contributed by atoms with Gasteiger partial charge in [-0.25, -0.2) is 0 Å². The molecule has 0 aliphatic carbocycles. The minimum absolute atomic E-state index is 0.132. The third-order valence-corrected chi connectivity index (χ3v) is 4.56. The summed E-state index contributed by atoms with van der Waals surface area (Å²) in [6.07, 6.45) is 0.948. The number of fused-ring (bicyclic) bond motifs is 2. The lowest BCUT2D eigenvalue weighted by Crippen LogP contribution is -2.36. The highest BCUT2D eigenvalue weighted by atomic mass is 35.5. The largest absolute Gasteiger partial charge is 0.320 e. The molecular formula is C20H23ClN4O2. The van der Waals surface area contributed by atoms with Gasteiger partial charge in [-0.15, -0.1) is 0 Å². The van der Waals surface area contributed by atoms with Crippen molar-refractivity contribution in [1.29, 1.82) is 0 Å². The predicted octanol–water partition coefficient (Wildman–Crippen LogP) is 3.11. The fraction of sp³-hybridized carbons (Fsp3) is 0.300. The zero-order valence-corrected chi connectivity index (χ0v) is 16.2. The number of hydrogen-bond donors (Lipinski definition) is 2. The van der Waals surface area contributed by atoms with Crippen LogP contribution in [0.25, 0.3) is 0 Å². The number of nitrogens with one attached hydrogen (secondary N) is 2. The van der Waals surface area contributed by atoms with Gasteiger partial charge >= 0.3 is 0 Å². The average Bonchev–Trinajstić information content (AvgIpc) is 2.75. The number of benzene rings is 2. The molecule has 0 saturated carbocycles. The van der Waals surface area contributed by atoms with E-state index >= 15 is 0 Å². The van der Waals surface area contributed by atoms with Gasteiger partial charge in [0.15, 0.2) is 0 Å². The van der Waals surface area contributed by atoms with Gasteiger partial charge in [0, 0.05) is 5.02 Å². The molecule has 1 aliphatic heterocycles. The topological polar surface area (TPSA) is 64.7 Å². The Hall–Kier alpha value is -2.41. The molecule has 1 heterocycles. The molecule has 3 rings (SSSR count). The van der Waals surface area contributed by atoms with E-state index in [9.17, 15) is 9.59 Å². The third kappa shape index (κ3) is 4.47. The molecule has 0 spiro atoms. The van der Waals surface area contributed by atoms with Gasteiger partial charge in [0.1, 0.15) is 0 Å². The van der Waals surface area contributed by atoms with E-state index in [4.69, 9.17) is 11.6 Å². The molecule has 2 aromatic rings. The van der Waals surface area contributed by atoms with Crippen molar-refractivity contribution < 1.29 is 9.59 Å². The zero-order valence-electron chi connectivity index (χ0n) is 15.5. The molecule has 0 atom stereocenters. The quantitative estimate of drug-likeness (QED) is 0.749. The van der Waals surface area contributed by atoms with Crippen molar-refractivity contribution in [2.45, 2.75) is 6.42 Å². The lowest BCUT2D eigenvalue weighted by atomic mass is 10.1. The number of hydrogen-bond acceptors (Lipinski definition) is 4. The Labute approximate surface area is 164 Å². The number of carbonyl (C=O) groups is 2. The first-order valence-corrected chi connectivity index (χ1v) is 9.23. The van der Waals surface area contributed by atoms with Gasteiger partial charge in [0.25, 0.3) is 5.91 Å². The first kappa shape index (κ1) is 19.4. The number of rotatable bonds is 6. The van der Waals surface area contributed by atoms with E-state index < -0.39 is 0 Å². The maximum Gasteiger partial charge on any atom is 0.257 e. The summed E-state index contributed by atoms with van der Waals surface area (Å²) in [5.41, 5.74) is 2.14. The molecule has 0 radical (unpaired) electrons. The van der Waals surface area contributed by atoms with Crippen LogP contribution in [0.2, 0.25) is 5.02 Å². The molecule has 0 unspecified atom stereocenters. The fourth-order valence-electron chi connectivity index (χ4n) is 3.05. The highest BCUT2D eigenvalue weighted by molar-refractivity contribution is 6.31. The second-order valence-electron chi connectivity index (χ2n) is 6.70. The molecule has 142 valence electrons. The summed E-state index contributed by atoms with van der Waals surface area (Å²) in [6, 6.07) is 12.2. The van der Waals surface area contributed by atoms with E-state index in [0.29, 0.717) is 27.6 Å². The van der Waals surface area contributed by atoms with Crippen LogP contribution in [0.1, 0.15) is 16.8 Å². The van der Waals surface area contributed by atoms with Crippen LogP contribution in [0.5, 0.6) is 0 Å². The van der Waals surface area contributed by atoms with Gasteiger partial charge in [0.2, 0.25) is 5.91 Å². The molecular weight excluding hydrogens is 364 g/mol.